The predicted molar refractivity (Wildman–Crippen MR) is 98.5 cm³/mol. The van der Waals surface area contributed by atoms with Crippen LogP contribution in [0, 0.1) is 0 Å². The van der Waals surface area contributed by atoms with Crippen molar-refractivity contribution in [1.29, 1.82) is 0 Å². The molecule has 0 bridgehead atoms. The highest BCUT2D eigenvalue weighted by atomic mass is 19.4. The number of aliphatic hydroxyl groups is 1. The summed E-state index contributed by atoms with van der Waals surface area (Å²) >= 11 is 0. The Hall–Kier alpha value is -2.12. The van der Waals surface area contributed by atoms with Gasteiger partial charge in [-0.15, -0.1) is 0 Å². The minimum absolute atomic E-state index is 0.00423. The van der Waals surface area contributed by atoms with E-state index in [-0.39, 0.29) is 12.1 Å². The highest BCUT2D eigenvalue weighted by molar-refractivity contribution is 5.38. The molecule has 1 saturated heterocycles. The van der Waals surface area contributed by atoms with Gasteiger partial charge in [-0.3, -0.25) is 0 Å². The van der Waals surface area contributed by atoms with Crippen LogP contribution >= 0.6 is 0 Å². The molecule has 1 fully saturated rings. The zero-order valence-electron chi connectivity index (χ0n) is 15.6. The van der Waals surface area contributed by atoms with Crippen LogP contribution in [-0.2, 0) is 11.8 Å². The summed E-state index contributed by atoms with van der Waals surface area (Å²) in [5.41, 5.74) is -0.458. The molecule has 1 aliphatic rings. The Labute approximate surface area is 157 Å². The van der Waals surface area contributed by atoms with E-state index in [1.165, 1.54) is 12.1 Å². The highest BCUT2D eigenvalue weighted by Gasteiger charge is 2.40. The molecule has 3 rings (SSSR count). The van der Waals surface area contributed by atoms with Crippen LogP contribution in [0.4, 0.5) is 19.0 Å². The van der Waals surface area contributed by atoms with Crippen LogP contribution < -0.4 is 10.2 Å². The summed E-state index contributed by atoms with van der Waals surface area (Å²) in [4.78, 5) is 6.32. The van der Waals surface area contributed by atoms with E-state index in [4.69, 9.17) is 0 Å². The van der Waals surface area contributed by atoms with Gasteiger partial charge in [0.05, 0.1) is 11.2 Å². The van der Waals surface area contributed by atoms with Crippen LogP contribution in [0.3, 0.4) is 0 Å². The summed E-state index contributed by atoms with van der Waals surface area (Å²) in [5.74, 6) is 0.834. The molecular formula is C20H24F3N3O. The van der Waals surface area contributed by atoms with Crippen molar-refractivity contribution in [3.63, 3.8) is 0 Å². The van der Waals surface area contributed by atoms with Crippen LogP contribution in [0.1, 0.15) is 42.5 Å². The second-order valence-corrected chi connectivity index (χ2v) is 7.48. The number of alkyl halides is 3. The standard InChI is InChI=1S/C20H24F3N3O/c1-13-10-19(27,15-5-7-16(8-6-15)20(21,22)23)11-17(25-13)14-4-9-18(24-12-14)26(2)3/h4-9,12-13,17,25,27H,10-11H2,1-3H3/t13-,17-,19?/m0/s1. The molecule has 146 valence electrons. The zero-order valence-corrected chi connectivity index (χ0v) is 15.6. The summed E-state index contributed by atoms with van der Waals surface area (Å²) in [6.45, 7) is 1.96. The smallest absolute Gasteiger partial charge is 0.385 e. The summed E-state index contributed by atoms with van der Waals surface area (Å²) in [5, 5.41) is 14.7. The lowest BCUT2D eigenvalue weighted by atomic mass is 9.77. The molecule has 0 saturated carbocycles. The molecule has 27 heavy (non-hydrogen) atoms. The molecule has 2 heterocycles. The van der Waals surface area contributed by atoms with Gasteiger partial charge in [-0.1, -0.05) is 18.2 Å². The lowest BCUT2D eigenvalue weighted by molar-refractivity contribution is -0.137. The Morgan fingerprint density at radius 1 is 1.11 bits per heavy atom. The van der Waals surface area contributed by atoms with Crippen LogP contribution in [-0.4, -0.2) is 30.2 Å². The molecule has 1 aromatic heterocycles. The zero-order chi connectivity index (χ0) is 19.8. The number of anilines is 1. The number of hydrogen-bond acceptors (Lipinski definition) is 4. The van der Waals surface area contributed by atoms with Crippen molar-refractivity contribution < 1.29 is 18.3 Å². The summed E-state index contributed by atoms with van der Waals surface area (Å²) in [6.07, 6.45) is -1.81. The average molecular weight is 379 g/mol. The monoisotopic (exact) mass is 379 g/mol. The molecule has 0 amide bonds. The van der Waals surface area contributed by atoms with Crippen LogP contribution in [0.5, 0.6) is 0 Å². The average Bonchev–Trinajstić information content (AvgIpc) is 2.60. The van der Waals surface area contributed by atoms with Crippen molar-refractivity contribution in [3.05, 3.63) is 59.3 Å². The SMILES string of the molecule is C[C@H]1CC(O)(c2ccc(C(F)(F)F)cc2)C[C@@H](c2ccc(N(C)C)nc2)N1. The van der Waals surface area contributed by atoms with Crippen molar-refractivity contribution in [2.24, 2.45) is 0 Å². The first-order chi connectivity index (χ1) is 12.6. The van der Waals surface area contributed by atoms with Gasteiger partial charge in [0.2, 0.25) is 0 Å². The largest absolute Gasteiger partial charge is 0.416 e. The van der Waals surface area contributed by atoms with Crippen molar-refractivity contribution >= 4 is 5.82 Å². The predicted octanol–water partition coefficient (Wildman–Crippen LogP) is 3.87. The molecule has 2 N–H and O–H groups in total. The van der Waals surface area contributed by atoms with Crippen molar-refractivity contribution in [2.75, 3.05) is 19.0 Å². The third kappa shape index (κ3) is 4.25. The first-order valence-electron chi connectivity index (χ1n) is 8.88. The van der Waals surface area contributed by atoms with E-state index in [0.717, 1.165) is 23.5 Å². The van der Waals surface area contributed by atoms with Gasteiger partial charge in [0.1, 0.15) is 5.82 Å². The van der Waals surface area contributed by atoms with Crippen molar-refractivity contribution in [3.8, 4) is 0 Å². The van der Waals surface area contributed by atoms with Crippen LogP contribution in [0.2, 0.25) is 0 Å². The number of benzene rings is 1. The second kappa shape index (κ2) is 7.13. The topological polar surface area (TPSA) is 48.4 Å². The van der Waals surface area contributed by atoms with Crippen molar-refractivity contribution in [1.82, 2.24) is 10.3 Å². The van der Waals surface area contributed by atoms with E-state index in [9.17, 15) is 18.3 Å². The molecular weight excluding hydrogens is 355 g/mol. The highest BCUT2D eigenvalue weighted by Crippen LogP contribution is 2.41. The number of rotatable bonds is 3. The number of aromatic nitrogens is 1. The molecule has 0 spiro atoms. The summed E-state index contributed by atoms with van der Waals surface area (Å²) < 4.78 is 38.4. The van der Waals surface area contributed by atoms with Gasteiger partial charge in [-0.05, 0) is 49.1 Å². The van der Waals surface area contributed by atoms with Gasteiger partial charge < -0.3 is 15.3 Å². The second-order valence-electron chi connectivity index (χ2n) is 7.48. The normalized spacial score (nSPS) is 26.0. The molecule has 2 aromatic rings. The molecule has 3 atom stereocenters. The molecule has 4 nitrogen and oxygen atoms in total. The summed E-state index contributed by atoms with van der Waals surface area (Å²) in [7, 11) is 3.82. The van der Waals surface area contributed by atoms with E-state index in [2.05, 4.69) is 10.3 Å². The first kappa shape index (κ1) is 19.6. The van der Waals surface area contributed by atoms with Crippen molar-refractivity contribution in [2.45, 2.75) is 43.6 Å². The van der Waals surface area contributed by atoms with E-state index in [0.29, 0.717) is 18.4 Å². The number of hydrogen-bond donors (Lipinski definition) is 2. The number of piperidine rings is 1. The fourth-order valence-corrected chi connectivity index (χ4v) is 3.68. The Morgan fingerprint density at radius 3 is 2.30 bits per heavy atom. The molecule has 7 heteroatoms. The maximum Gasteiger partial charge on any atom is 0.416 e. The molecule has 0 radical (unpaired) electrons. The molecule has 0 aliphatic carbocycles. The molecule has 1 aliphatic heterocycles. The summed E-state index contributed by atoms with van der Waals surface area (Å²) in [6, 6.07) is 8.56. The van der Waals surface area contributed by atoms with Crippen LogP contribution in [0.25, 0.3) is 0 Å². The maximum absolute atomic E-state index is 12.8. The number of pyridine rings is 1. The van der Waals surface area contributed by atoms with Gasteiger partial charge in [-0.25, -0.2) is 4.98 Å². The van der Waals surface area contributed by atoms with E-state index < -0.39 is 17.3 Å². The quantitative estimate of drug-likeness (QED) is 0.850. The number of nitrogens with one attached hydrogen (secondary N) is 1. The lowest BCUT2D eigenvalue weighted by Gasteiger charge is -2.41. The number of halogens is 3. The van der Waals surface area contributed by atoms with E-state index >= 15 is 0 Å². The fraction of sp³-hybridized carbons (Fsp3) is 0.450. The van der Waals surface area contributed by atoms with E-state index in [1.54, 1.807) is 6.20 Å². The minimum Gasteiger partial charge on any atom is -0.385 e. The number of nitrogens with zero attached hydrogens (tertiary/aromatic N) is 2. The maximum atomic E-state index is 12.8. The Balaban J connectivity index is 1.85. The molecule has 1 unspecified atom stereocenters. The Morgan fingerprint density at radius 2 is 1.78 bits per heavy atom. The van der Waals surface area contributed by atoms with E-state index in [1.807, 2.05) is 38.1 Å². The molecule has 1 aromatic carbocycles. The minimum atomic E-state index is -4.38. The van der Waals surface area contributed by atoms with Gasteiger partial charge in [-0.2, -0.15) is 13.2 Å². The first-order valence-corrected chi connectivity index (χ1v) is 8.88. The Bertz CT molecular complexity index is 775. The third-order valence-electron chi connectivity index (χ3n) is 5.05. The third-order valence-corrected chi connectivity index (χ3v) is 5.05. The van der Waals surface area contributed by atoms with Gasteiger partial charge in [0.25, 0.3) is 0 Å². The van der Waals surface area contributed by atoms with Crippen LogP contribution in [0.15, 0.2) is 42.6 Å². The lowest BCUT2D eigenvalue weighted by Crippen LogP contribution is -2.46. The van der Waals surface area contributed by atoms with Gasteiger partial charge >= 0.3 is 6.18 Å². The Kier molecular flexibility index (Phi) is 5.18. The fourth-order valence-electron chi connectivity index (χ4n) is 3.68. The van der Waals surface area contributed by atoms with Gasteiger partial charge in [0, 0.05) is 32.4 Å². The van der Waals surface area contributed by atoms with Gasteiger partial charge in [0.15, 0.2) is 0 Å².